The molecule has 1 amide bonds. The lowest BCUT2D eigenvalue weighted by Crippen LogP contribution is -2.35. The van der Waals surface area contributed by atoms with Crippen molar-refractivity contribution >= 4 is 23.4 Å². The van der Waals surface area contributed by atoms with Gasteiger partial charge < -0.3 is 14.4 Å². The van der Waals surface area contributed by atoms with E-state index < -0.39 is 0 Å². The molecule has 4 rings (SSSR count). The molecule has 1 aliphatic carbocycles. The van der Waals surface area contributed by atoms with Crippen LogP contribution < -0.4 is 0 Å². The van der Waals surface area contributed by atoms with Crippen LogP contribution in [0.4, 0.5) is 4.79 Å². The molecule has 7 heteroatoms. The van der Waals surface area contributed by atoms with Crippen molar-refractivity contribution in [3.05, 3.63) is 51.0 Å². The number of ether oxygens (including phenoxy) is 2. The Bertz CT molecular complexity index is 871. The summed E-state index contributed by atoms with van der Waals surface area (Å²) in [5.41, 5.74) is 2.79. The molecular formula is C20H22N2O4S. The summed E-state index contributed by atoms with van der Waals surface area (Å²) >= 11 is 1.70. The molecule has 1 saturated carbocycles. The molecule has 6 nitrogen and oxygen atoms in total. The van der Waals surface area contributed by atoms with Crippen molar-refractivity contribution in [1.82, 2.24) is 9.88 Å². The Morgan fingerprint density at radius 3 is 2.63 bits per heavy atom. The van der Waals surface area contributed by atoms with E-state index in [0.717, 1.165) is 34.8 Å². The first kappa shape index (κ1) is 18.0. The molecule has 0 radical (unpaired) electrons. The second-order valence-electron chi connectivity index (χ2n) is 6.91. The molecule has 0 saturated heterocycles. The molecule has 2 aromatic rings. The number of hydrogen-bond acceptors (Lipinski definition) is 6. The number of carbonyl (C=O) groups excluding carboxylic acids is 2. The van der Waals surface area contributed by atoms with Crippen LogP contribution in [0.15, 0.2) is 24.3 Å². The average molecular weight is 386 g/mol. The van der Waals surface area contributed by atoms with Gasteiger partial charge in [0.25, 0.3) is 0 Å². The van der Waals surface area contributed by atoms with Gasteiger partial charge in [0.15, 0.2) is 0 Å². The van der Waals surface area contributed by atoms with Crippen LogP contribution >= 0.6 is 11.3 Å². The van der Waals surface area contributed by atoms with Crippen LogP contribution in [0.2, 0.25) is 0 Å². The minimum atomic E-state index is -0.324. The van der Waals surface area contributed by atoms with Crippen molar-refractivity contribution in [1.29, 1.82) is 0 Å². The number of methoxy groups -OCH3 is 1. The zero-order chi connectivity index (χ0) is 19.0. The van der Waals surface area contributed by atoms with Gasteiger partial charge in [-0.3, -0.25) is 0 Å². The Kier molecular flexibility index (Phi) is 4.63. The van der Waals surface area contributed by atoms with Crippen molar-refractivity contribution in [2.75, 3.05) is 20.3 Å². The third-order valence-electron chi connectivity index (χ3n) is 5.28. The molecule has 0 unspecified atom stereocenters. The van der Waals surface area contributed by atoms with E-state index in [1.54, 1.807) is 16.2 Å². The van der Waals surface area contributed by atoms with Crippen LogP contribution in [0.3, 0.4) is 0 Å². The van der Waals surface area contributed by atoms with Gasteiger partial charge >= 0.3 is 12.1 Å². The number of esters is 1. The van der Waals surface area contributed by atoms with Crippen molar-refractivity contribution in [2.24, 2.45) is 0 Å². The third kappa shape index (κ3) is 3.20. The number of benzene rings is 1. The van der Waals surface area contributed by atoms with Gasteiger partial charge in [-0.05, 0) is 37.5 Å². The lowest BCUT2D eigenvalue weighted by Gasteiger charge is -2.24. The Morgan fingerprint density at radius 1 is 1.26 bits per heavy atom. The Hall–Kier alpha value is -2.41. The van der Waals surface area contributed by atoms with Gasteiger partial charge in [0.1, 0.15) is 5.01 Å². The molecule has 0 atom stereocenters. The summed E-state index contributed by atoms with van der Waals surface area (Å²) in [5, 5.41) is 1.11. The van der Waals surface area contributed by atoms with E-state index in [4.69, 9.17) is 14.5 Å². The Morgan fingerprint density at radius 2 is 2.00 bits per heavy atom. The van der Waals surface area contributed by atoms with E-state index in [0.29, 0.717) is 25.3 Å². The van der Waals surface area contributed by atoms with Gasteiger partial charge in [0.05, 0.1) is 31.5 Å². The number of rotatable bonds is 4. The first-order valence-corrected chi connectivity index (χ1v) is 9.98. The molecule has 2 heterocycles. The number of hydrogen-bond donors (Lipinski definition) is 0. The number of amides is 1. The highest BCUT2D eigenvalue weighted by Gasteiger charge is 2.49. The second-order valence-corrected chi connectivity index (χ2v) is 7.99. The average Bonchev–Trinajstić information content (AvgIpc) is 3.40. The number of nitrogens with zero attached hydrogens (tertiary/aromatic N) is 2. The molecule has 27 heavy (non-hydrogen) atoms. The fraction of sp³-hybridized carbons (Fsp3) is 0.450. The third-order valence-corrected chi connectivity index (χ3v) is 6.56. The molecule has 0 spiro atoms. The largest absolute Gasteiger partial charge is 0.465 e. The molecule has 1 fully saturated rings. The van der Waals surface area contributed by atoms with Crippen LogP contribution in [-0.4, -0.2) is 42.2 Å². The van der Waals surface area contributed by atoms with Gasteiger partial charge in [-0.25, -0.2) is 14.6 Å². The minimum absolute atomic E-state index is 0.0502. The van der Waals surface area contributed by atoms with Crippen LogP contribution in [-0.2, 0) is 27.9 Å². The van der Waals surface area contributed by atoms with Gasteiger partial charge in [-0.2, -0.15) is 0 Å². The first-order valence-electron chi connectivity index (χ1n) is 9.17. The predicted molar refractivity (Wildman–Crippen MR) is 101 cm³/mol. The van der Waals surface area contributed by atoms with Crippen LogP contribution in [0.1, 0.15) is 51.3 Å². The van der Waals surface area contributed by atoms with E-state index in [2.05, 4.69) is 0 Å². The normalized spacial score (nSPS) is 17.2. The quantitative estimate of drug-likeness (QED) is 0.752. The Labute approximate surface area is 162 Å². The minimum Gasteiger partial charge on any atom is -0.465 e. The van der Waals surface area contributed by atoms with E-state index in [1.807, 2.05) is 31.2 Å². The van der Waals surface area contributed by atoms with Crippen molar-refractivity contribution in [3.8, 4) is 0 Å². The fourth-order valence-corrected chi connectivity index (χ4v) is 4.96. The van der Waals surface area contributed by atoms with Gasteiger partial charge in [-0.15, -0.1) is 11.3 Å². The molecule has 142 valence electrons. The van der Waals surface area contributed by atoms with Crippen molar-refractivity contribution in [2.45, 2.75) is 38.1 Å². The van der Waals surface area contributed by atoms with E-state index in [9.17, 15) is 9.59 Å². The van der Waals surface area contributed by atoms with Crippen molar-refractivity contribution < 1.29 is 19.1 Å². The summed E-state index contributed by atoms with van der Waals surface area (Å²) in [6.07, 6.45) is 2.62. The lowest BCUT2D eigenvalue weighted by atomic mass is 9.95. The van der Waals surface area contributed by atoms with E-state index >= 15 is 0 Å². The number of thiazole rings is 1. The van der Waals surface area contributed by atoms with Crippen LogP contribution in [0.25, 0.3) is 0 Å². The first-order chi connectivity index (χ1) is 13.1. The topological polar surface area (TPSA) is 68.7 Å². The van der Waals surface area contributed by atoms with Crippen LogP contribution in [0, 0.1) is 0 Å². The highest BCUT2D eigenvalue weighted by atomic mass is 32.1. The number of fused-ring (bicyclic) bond motifs is 1. The second kappa shape index (κ2) is 6.96. The van der Waals surface area contributed by atoms with Crippen molar-refractivity contribution in [3.63, 3.8) is 0 Å². The summed E-state index contributed by atoms with van der Waals surface area (Å²) in [4.78, 5) is 31.5. The van der Waals surface area contributed by atoms with Crippen LogP contribution in [0.5, 0.6) is 0 Å². The lowest BCUT2D eigenvalue weighted by molar-refractivity contribution is 0.0600. The highest BCUT2D eigenvalue weighted by molar-refractivity contribution is 7.12. The van der Waals surface area contributed by atoms with Gasteiger partial charge in [0, 0.05) is 23.3 Å². The molecule has 2 aliphatic rings. The highest BCUT2D eigenvalue weighted by Crippen LogP contribution is 2.55. The molecule has 0 N–H and O–H groups in total. The fourth-order valence-electron chi connectivity index (χ4n) is 3.56. The number of carbonyl (C=O) groups is 2. The smallest absolute Gasteiger partial charge is 0.410 e. The molecular weight excluding hydrogens is 364 g/mol. The molecule has 1 aromatic heterocycles. The zero-order valence-electron chi connectivity index (χ0n) is 15.5. The maximum absolute atomic E-state index is 12.0. The summed E-state index contributed by atoms with van der Waals surface area (Å²) in [6, 6.07) is 7.64. The summed E-state index contributed by atoms with van der Waals surface area (Å²) < 4.78 is 9.90. The molecule has 1 aliphatic heterocycles. The summed E-state index contributed by atoms with van der Waals surface area (Å²) in [5.74, 6) is -0.324. The SMILES string of the molecule is CCOC(=O)N1CCc2nc(C3(c4ccc(C(=O)OC)cc4)CC3)sc2C1. The maximum Gasteiger partial charge on any atom is 0.410 e. The summed E-state index contributed by atoms with van der Waals surface area (Å²) in [6.45, 7) is 3.43. The van der Waals surface area contributed by atoms with E-state index in [-0.39, 0.29) is 17.5 Å². The van der Waals surface area contributed by atoms with Gasteiger partial charge in [0.2, 0.25) is 0 Å². The molecule has 0 bridgehead atoms. The zero-order valence-corrected chi connectivity index (χ0v) is 16.3. The van der Waals surface area contributed by atoms with E-state index in [1.165, 1.54) is 12.7 Å². The monoisotopic (exact) mass is 386 g/mol. The number of aromatic nitrogens is 1. The molecule has 1 aromatic carbocycles. The standard InChI is InChI=1S/C20H22N2O4S/c1-3-26-19(24)22-11-8-15-16(12-22)27-18(21-15)20(9-10-20)14-6-4-13(5-7-14)17(23)25-2/h4-7H,3,8-12H2,1-2H3. The van der Waals surface area contributed by atoms with Gasteiger partial charge in [-0.1, -0.05) is 12.1 Å². The maximum atomic E-state index is 12.0. The summed E-state index contributed by atoms with van der Waals surface area (Å²) in [7, 11) is 1.39. The predicted octanol–water partition coefficient (Wildman–Crippen LogP) is 3.52. The Balaban J connectivity index is 1.56.